The molecule has 11 heteroatoms. The van der Waals surface area contributed by atoms with Crippen molar-refractivity contribution in [3.8, 4) is 0 Å². The molecule has 4 N–H and O–H groups in total. The van der Waals surface area contributed by atoms with Crippen LogP contribution in [0.15, 0.2) is 41.8 Å². The highest BCUT2D eigenvalue weighted by Gasteiger charge is 2.23. The van der Waals surface area contributed by atoms with Gasteiger partial charge >= 0.3 is 0 Å². The standard InChI is InChI=1S/C24H31F2N5O3S/c1-16-5-4-6-19(25)21(16)23(33)28-17-7-8-18(20(26)15-17)22(32)29-30-24(35)27-9-2-3-10-31-11-13-34-14-12-31/h4,6-8,15-16H,2-3,5,9-14H2,1H3,(H,28,33)(H,29,32)(H2,27,30,35). The maximum Gasteiger partial charge on any atom is 0.272 e. The topological polar surface area (TPSA) is 94.7 Å². The Hall–Kier alpha value is -2.89. The van der Waals surface area contributed by atoms with Crippen LogP contribution in [0.4, 0.5) is 14.5 Å². The normalized spacial score (nSPS) is 18.2. The Morgan fingerprint density at radius 3 is 2.63 bits per heavy atom. The van der Waals surface area contributed by atoms with Gasteiger partial charge in [0, 0.05) is 25.3 Å². The molecule has 0 saturated carbocycles. The van der Waals surface area contributed by atoms with Gasteiger partial charge in [0.25, 0.3) is 11.8 Å². The third-order valence-corrected chi connectivity index (χ3v) is 6.05. The van der Waals surface area contributed by atoms with Crippen molar-refractivity contribution in [2.24, 2.45) is 5.92 Å². The van der Waals surface area contributed by atoms with Gasteiger partial charge in [0.15, 0.2) is 5.11 Å². The number of carbonyl (C=O) groups excluding carboxylic acids is 2. The van der Waals surface area contributed by atoms with E-state index in [4.69, 9.17) is 17.0 Å². The van der Waals surface area contributed by atoms with Gasteiger partial charge in [0.2, 0.25) is 0 Å². The van der Waals surface area contributed by atoms with Gasteiger partial charge in [0.1, 0.15) is 11.6 Å². The first-order valence-electron chi connectivity index (χ1n) is 11.7. The van der Waals surface area contributed by atoms with Crippen LogP contribution in [0.5, 0.6) is 0 Å². The number of anilines is 1. The van der Waals surface area contributed by atoms with Gasteiger partial charge in [-0.3, -0.25) is 25.3 Å². The van der Waals surface area contributed by atoms with Crippen LogP contribution in [-0.4, -0.2) is 61.2 Å². The molecule has 8 nitrogen and oxygen atoms in total. The van der Waals surface area contributed by atoms with E-state index in [-0.39, 0.29) is 27.9 Å². The molecule has 1 heterocycles. The highest BCUT2D eigenvalue weighted by molar-refractivity contribution is 7.80. The quantitative estimate of drug-likeness (QED) is 0.244. The summed E-state index contributed by atoms with van der Waals surface area (Å²) in [4.78, 5) is 27.1. The maximum atomic E-state index is 14.5. The van der Waals surface area contributed by atoms with Crippen molar-refractivity contribution < 1.29 is 23.1 Å². The zero-order valence-electron chi connectivity index (χ0n) is 19.7. The monoisotopic (exact) mass is 507 g/mol. The van der Waals surface area contributed by atoms with Crippen molar-refractivity contribution in [2.45, 2.75) is 26.2 Å². The molecule has 1 saturated heterocycles. The maximum absolute atomic E-state index is 14.5. The fourth-order valence-electron chi connectivity index (χ4n) is 3.84. The molecule has 35 heavy (non-hydrogen) atoms. The number of hydrogen-bond acceptors (Lipinski definition) is 5. The lowest BCUT2D eigenvalue weighted by Gasteiger charge is -2.26. The minimum Gasteiger partial charge on any atom is -0.379 e. The van der Waals surface area contributed by atoms with E-state index in [9.17, 15) is 18.4 Å². The first-order valence-corrected chi connectivity index (χ1v) is 12.1. The Labute approximate surface area is 209 Å². The minimum absolute atomic E-state index is 0.0148. The molecule has 1 aromatic rings. The smallest absolute Gasteiger partial charge is 0.272 e. The van der Waals surface area contributed by atoms with Crippen LogP contribution in [0.3, 0.4) is 0 Å². The third kappa shape index (κ3) is 8.08. The van der Waals surface area contributed by atoms with Gasteiger partial charge in [-0.25, -0.2) is 8.78 Å². The SMILES string of the molecule is CC1CC=CC(F)=C1C(=O)Nc1ccc(C(=O)NNC(=S)NCCCCN2CCOCC2)c(F)c1. The number of hydrazine groups is 1. The minimum atomic E-state index is -0.838. The molecule has 2 aliphatic rings. The number of thiocarbonyl (C=S) groups is 1. The second kappa shape index (κ2) is 13.3. The number of rotatable bonds is 8. The largest absolute Gasteiger partial charge is 0.379 e. The predicted molar refractivity (Wildman–Crippen MR) is 134 cm³/mol. The third-order valence-electron chi connectivity index (χ3n) is 5.80. The summed E-state index contributed by atoms with van der Waals surface area (Å²) in [5.74, 6) is -3.10. The summed E-state index contributed by atoms with van der Waals surface area (Å²) in [6.07, 6.45) is 5.37. The highest BCUT2D eigenvalue weighted by Crippen LogP contribution is 2.27. The van der Waals surface area contributed by atoms with Gasteiger partial charge in [-0.15, -0.1) is 0 Å². The molecule has 0 radical (unpaired) electrons. The number of hydrogen-bond donors (Lipinski definition) is 4. The lowest BCUT2D eigenvalue weighted by Crippen LogP contribution is -2.47. The van der Waals surface area contributed by atoms with Crippen LogP contribution in [0.25, 0.3) is 0 Å². The van der Waals surface area contributed by atoms with Crippen molar-refractivity contribution in [1.29, 1.82) is 0 Å². The Kier molecular flexibility index (Phi) is 10.1. The fourth-order valence-corrected chi connectivity index (χ4v) is 3.99. The predicted octanol–water partition coefficient (Wildman–Crippen LogP) is 2.81. The van der Waals surface area contributed by atoms with E-state index < -0.39 is 23.5 Å². The summed E-state index contributed by atoms with van der Waals surface area (Å²) >= 11 is 5.13. The number of morpholine rings is 1. The van der Waals surface area contributed by atoms with E-state index in [1.165, 1.54) is 18.2 Å². The van der Waals surface area contributed by atoms with Crippen molar-refractivity contribution in [3.63, 3.8) is 0 Å². The van der Waals surface area contributed by atoms with Crippen molar-refractivity contribution in [3.05, 3.63) is 53.1 Å². The molecule has 1 aliphatic heterocycles. The van der Waals surface area contributed by atoms with Crippen molar-refractivity contribution >= 4 is 34.8 Å². The molecule has 0 aromatic heterocycles. The molecule has 0 spiro atoms. The number of allylic oxidation sites excluding steroid dienone is 3. The molecule has 2 amide bonds. The molecule has 1 fully saturated rings. The number of amides is 2. The average molecular weight is 508 g/mol. The molecular formula is C24H31F2N5O3S. The zero-order valence-corrected chi connectivity index (χ0v) is 20.5. The van der Waals surface area contributed by atoms with E-state index in [0.29, 0.717) is 13.0 Å². The van der Waals surface area contributed by atoms with Gasteiger partial charge < -0.3 is 15.4 Å². The van der Waals surface area contributed by atoms with Crippen molar-refractivity contribution in [1.82, 2.24) is 21.1 Å². The molecule has 1 aliphatic carbocycles. The average Bonchev–Trinajstić information content (AvgIpc) is 2.83. The molecule has 0 bridgehead atoms. The Bertz CT molecular complexity index is 995. The zero-order chi connectivity index (χ0) is 25.2. The number of nitrogens with zero attached hydrogens (tertiary/aromatic N) is 1. The van der Waals surface area contributed by atoms with E-state index in [1.54, 1.807) is 13.0 Å². The number of carbonyl (C=O) groups is 2. The molecule has 1 atom stereocenters. The number of ether oxygens (including phenoxy) is 1. The fraction of sp³-hybridized carbons (Fsp3) is 0.458. The summed E-state index contributed by atoms with van der Waals surface area (Å²) < 4.78 is 33.9. The van der Waals surface area contributed by atoms with Gasteiger partial charge in [0.05, 0.1) is 24.4 Å². The van der Waals surface area contributed by atoms with Gasteiger partial charge in [-0.2, -0.15) is 0 Å². The molecular weight excluding hydrogens is 476 g/mol. The van der Waals surface area contributed by atoms with Crippen LogP contribution in [0.1, 0.15) is 36.5 Å². The summed E-state index contributed by atoms with van der Waals surface area (Å²) in [5, 5.41) is 5.70. The number of unbranched alkanes of at least 4 members (excludes halogenated alkanes) is 1. The van der Waals surface area contributed by atoms with E-state index in [1.807, 2.05) is 0 Å². The van der Waals surface area contributed by atoms with E-state index in [0.717, 1.165) is 51.8 Å². The summed E-state index contributed by atoms with van der Waals surface area (Å²) in [7, 11) is 0. The first kappa shape index (κ1) is 26.7. The van der Waals surface area contributed by atoms with Gasteiger partial charge in [-0.05, 0) is 68.2 Å². The van der Waals surface area contributed by atoms with E-state index >= 15 is 0 Å². The van der Waals surface area contributed by atoms with Crippen LogP contribution < -0.4 is 21.5 Å². The van der Waals surface area contributed by atoms with Crippen LogP contribution in [0.2, 0.25) is 0 Å². The molecule has 1 unspecified atom stereocenters. The Morgan fingerprint density at radius 1 is 1.14 bits per heavy atom. The van der Waals surface area contributed by atoms with Crippen LogP contribution in [-0.2, 0) is 9.53 Å². The molecule has 1 aromatic carbocycles. The lowest BCUT2D eigenvalue weighted by molar-refractivity contribution is -0.113. The lowest BCUT2D eigenvalue weighted by atomic mass is 9.92. The molecule has 3 rings (SSSR count). The summed E-state index contributed by atoms with van der Waals surface area (Å²) in [6, 6.07) is 3.63. The number of benzene rings is 1. The second-order valence-electron chi connectivity index (χ2n) is 8.45. The van der Waals surface area contributed by atoms with Crippen LogP contribution >= 0.6 is 12.2 Å². The summed E-state index contributed by atoms with van der Waals surface area (Å²) in [5.41, 5.74) is 4.80. The number of halogens is 2. The molecule has 190 valence electrons. The second-order valence-corrected chi connectivity index (χ2v) is 8.85. The number of nitrogens with one attached hydrogen (secondary N) is 4. The summed E-state index contributed by atoms with van der Waals surface area (Å²) in [6.45, 7) is 6.84. The van der Waals surface area contributed by atoms with Crippen molar-refractivity contribution in [2.75, 3.05) is 44.7 Å². The van der Waals surface area contributed by atoms with Crippen LogP contribution in [0, 0.1) is 11.7 Å². The Balaban J connectivity index is 1.40. The van der Waals surface area contributed by atoms with Gasteiger partial charge in [-0.1, -0.05) is 13.0 Å². The highest BCUT2D eigenvalue weighted by atomic mass is 32.1. The van der Waals surface area contributed by atoms with E-state index in [2.05, 4.69) is 26.4 Å². The Morgan fingerprint density at radius 2 is 1.91 bits per heavy atom. The first-order chi connectivity index (χ1) is 16.8.